The van der Waals surface area contributed by atoms with Crippen LogP contribution in [0.4, 0.5) is 0 Å². The van der Waals surface area contributed by atoms with Crippen molar-refractivity contribution in [3.05, 3.63) is 0 Å². The number of methoxy groups -OCH3 is 1. The average molecular weight is 174 g/mol. The monoisotopic (exact) mass is 174 g/mol. The van der Waals surface area contributed by atoms with Gasteiger partial charge in [-0.25, -0.2) is 0 Å². The SMILES string of the molecule is CCN(C)CCCC(N)COC. The second-order valence-electron chi connectivity index (χ2n) is 3.25. The molecule has 12 heavy (non-hydrogen) atoms. The van der Waals surface area contributed by atoms with Gasteiger partial charge in [-0.3, -0.25) is 0 Å². The fourth-order valence-electron chi connectivity index (χ4n) is 1.08. The van der Waals surface area contributed by atoms with Crippen molar-refractivity contribution in [2.45, 2.75) is 25.8 Å². The smallest absolute Gasteiger partial charge is 0.0613 e. The minimum absolute atomic E-state index is 0.209. The molecule has 0 heterocycles. The van der Waals surface area contributed by atoms with Crippen LogP contribution in [0.5, 0.6) is 0 Å². The van der Waals surface area contributed by atoms with E-state index >= 15 is 0 Å². The van der Waals surface area contributed by atoms with E-state index in [9.17, 15) is 0 Å². The molecule has 0 radical (unpaired) electrons. The molecule has 0 bridgehead atoms. The Hall–Kier alpha value is -0.120. The lowest BCUT2D eigenvalue weighted by atomic mass is 10.2. The highest BCUT2D eigenvalue weighted by Crippen LogP contribution is 1.96. The summed E-state index contributed by atoms with van der Waals surface area (Å²) in [6, 6.07) is 0.209. The molecule has 1 atom stereocenters. The van der Waals surface area contributed by atoms with Gasteiger partial charge in [-0.2, -0.15) is 0 Å². The molecule has 0 aliphatic heterocycles. The van der Waals surface area contributed by atoms with Crippen LogP contribution in [0, 0.1) is 0 Å². The Morgan fingerprint density at radius 1 is 1.50 bits per heavy atom. The van der Waals surface area contributed by atoms with Gasteiger partial charge in [0.2, 0.25) is 0 Å². The first-order valence-corrected chi connectivity index (χ1v) is 4.63. The van der Waals surface area contributed by atoms with Crippen LogP contribution < -0.4 is 5.73 Å². The van der Waals surface area contributed by atoms with Gasteiger partial charge in [-0.15, -0.1) is 0 Å². The highest BCUT2D eigenvalue weighted by molar-refractivity contribution is 4.60. The lowest BCUT2D eigenvalue weighted by Crippen LogP contribution is -2.27. The Morgan fingerprint density at radius 3 is 2.67 bits per heavy atom. The standard InChI is InChI=1S/C9H22N2O/c1-4-11(2)7-5-6-9(10)8-12-3/h9H,4-8,10H2,1-3H3. The summed E-state index contributed by atoms with van der Waals surface area (Å²) in [5, 5.41) is 0. The summed E-state index contributed by atoms with van der Waals surface area (Å²) in [6.45, 7) is 5.08. The first kappa shape index (κ1) is 11.9. The van der Waals surface area contributed by atoms with Crippen molar-refractivity contribution >= 4 is 0 Å². The van der Waals surface area contributed by atoms with Crippen LogP contribution in [0.1, 0.15) is 19.8 Å². The van der Waals surface area contributed by atoms with Gasteiger partial charge in [-0.1, -0.05) is 6.92 Å². The number of ether oxygens (including phenoxy) is 1. The van der Waals surface area contributed by atoms with Crippen LogP contribution in [0.25, 0.3) is 0 Å². The molecular weight excluding hydrogens is 152 g/mol. The highest BCUT2D eigenvalue weighted by Gasteiger charge is 2.01. The fraction of sp³-hybridized carbons (Fsp3) is 1.00. The maximum Gasteiger partial charge on any atom is 0.0613 e. The molecule has 0 aromatic carbocycles. The largest absolute Gasteiger partial charge is 0.383 e. The first-order valence-electron chi connectivity index (χ1n) is 4.63. The maximum absolute atomic E-state index is 5.77. The van der Waals surface area contributed by atoms with Crippen LogP contribution in [-0.4, -0.2) is 44.8 Å². The van der Waals surface area contributed by atoms with Crippen molar-refractivity contribution in [1.82, 2.24) is 4.90 Å². The Morgan fingerprint density at radius 2 is 2.17 bits per heavy atom. The van der Waals surface area contributed by atoms with Gasteiger partial charge in [-0.05, 0) is 33.0 Å². The number of hydrogen-bond acceptors (Lipinski definition) is 3. The van der Waals surface area contributed by atoms with Crippen molar-refractivity contribution in [2.75, 3.05) is 33.9 Å². The van der Waals surface area contributed by atoms with Gasteiger partial charge < -0.3 is 15.4 Å². The molecule has 1 unspecified atom stereocenters. The summed E-state index contributed by atoms with van der Waals surface area (Å²) in [5.74, 6) is 0. The molecule has 0 saturated heterocycles. The van der Waals surface area contributed by atoms with Crippen molar-refractivity contribution in [3.8, 4) is 0 Å². The van der Waals surface area contributed by atoms with Gasteiger partial charge >= 0.3 is 0 Å². The molecule has 0 rings (SSSR count). The normalized spacial score (nSPS) is 13.8. The Bertz CT molecular complexity index is 98.5. The summed E-state index contributed by atoms with van der Waals surface area (Å²) in [5.41, 5.74) is 5.77. The third-order valence-electron chi connectivity index (χ3n) is 2.04. The number of nitrogens with zero attached hydrogens (tertiary/aromatic N) is 1. The Kier molecular flexibility index (Phi) is 7.45. The van der Waals surface area contributed by atoms with Gasteiger partial charge in [0.1, 0.15) is 0 Å². The molecule has 2 N–H and O–H groups in total. The summed E-state index contributed by atoms with van der Waals surface area (Å²) in [4.78, 5) is 2.29. The van der Waals surface area contributed by atoms with Crippen molar-refractivity contribution in [2.24, 2.45) is 5.73 Å². The topological polar surface area (TPSA) is 38.5 Å². The Labute approximate surface area is 75.9 Å². The summed E-state index contributed by atoms with van der Waals surface area (Å²) >= 11 is 0. The molecule has 3 nitrogen and oxygen atoms in total. The van der Waals surface area contributed by atoms with Crippen LogP contribution in [0.3, 0.4) is 0 Å². The van der Waals surface area contributed by atoms with Crippen molar-refractivity contribution < 1.29 is 4.74 Å². The molecule has 0 aliphatic rings. The summed E-state index contributed by atoms with van der Waals surface area (Å²) in [6.07, 6.45) is 2.22. The van der Waals surface area contributed by atoms with Crippen LogP contribution in [0.2, 0.25) is 0 Å². The van der Waals surface area contributed by atoms with Gasteiger partial charge in [0, 0.05) is 13.2 Å². The van der Waals surface area contributed by atoms with Crippen LogP contribution >= 0.6 is 0 Å². The minimum atomic E-state index is 0.209. The molecule has 0 fully saturated rings. The van der Waals surface area contributed by atoms with E-state index in [0.29, 0.717) is 6.61 Å². The zero-order valence-corrected chi connectivity index (χ0v) is 8.55. The summed E-state index contributed by atoms with van der Waals surface area (Å²) < 4.78 is 4.95. The van der Waals surface area contributed by atoms with Gasteiger partial charge in [0.25, 0.3) is 0 Å². The predicted molar refractivity (Wildman–Crippen MR) is 52.3 cm³/mol. The number of hydrogen-bond donors (Lipinski definition) is 1. The third-order valence-corrected chi connectivity index (χ3v) is 2.04. The number of nitrogens with two attached hydrogens (primary N) is 1. The van der Waals surface area contributed by atoms with E-state index in [0.717, 1.165) is 25.9 Å². The molecule has 0 saturated carbocycles. The second kappa shape index (κ2) is 7.53. The van der Waals surface area contributed by atoms with E-state index in [1.54, 1.807) is 7.11 Å². The van der Waals surface area contributed by atoms with E-state index in [-0.39, 0.29) is 6.04 Å². The second-order valence-corrected chi connectivity index (χ2v) is 3.25. The lowest BCUT2D eigenvalue weighted by molar-refractivity contribution is 0.174. The average Bonchev–Trinajstić information content (AvgIpc) is 2.04. The third kappa shape index (κ3) is 6.58. The van der Waals surface area contributed by atoms with E-state index in [4.69, 9.17) is 10.5 Å². The maximum atomic E-state index is 5.77. The highest BCUT2D eigenvalue weighted by atomic mass is 16.5. The van der Waals surface area contributed by atoms with Gasteiger partial charge in [0.15, 0.2) is 0 Å². The molecular formula is C9H22N2O. The van der Waals surface area contributed by atoms with E-state index in [1.165, 1.54) is 0 Å². The summed E-state index contributed by atoms with van der Waals surface area (Å²) in [7, 11) is 3.82. The van der Waals surface area contributed by atoms with E-state index in [2.05, 4.69) is 18.9 Å². The molecule has 3 heteroatoms. The molecule has 0 spiro atoms. The predicted octanol–water partition coefficient (Wildman–Crippen LogP) is 0.692. The van der Waals surface area contributed by atoms with Crippen LogP contribution in [0.15, 0.2) is 0 Å². The molecule has 0 amide bonds. The molecule has 0 aromatic rings. The van der Waals surface area contributed by atoms with Gasteiger partial charge in [0.05, 0.1) is 6.61 Å². The lowest BCUT2D eigenvalue weighted by Gasteiger charge is -2.15. The minimum Gasteiger partial charge on any atom is -0.383 e. The zero-order valence-electron chi connectivity index (χ0n) is 8.55. The Balaban J connectivity index is 3.18. The van der Waals surface area contributed by atoms with Crippen molar-refractivity contribution in [1.29, 1.82) is 0 Å². The van der Waals surface area contributed by atoms with E-state index < -0.39 is 0 Å². The molecule has 0 aromatic heterocycles. The van der Waals surface area contributed by atoms with Crippen molar-refractivity contribution in [3.63, 3.8) is 0 Å². The number of rotatable bonds is 7. The zero-order chi connectivity index (χ0) is 9.40. The molecule has 74 valence electrons. The van der Waals surface area contributed by atoms with E-state index in [1.807, 2.05) is 0 Å². The van der Waals surface area contributed by atoms with Crippen LogP contribution in [-0.2, 0) is 4.74 Å². The fourth-order valence-corrected chi connectivity index (χ4v) is 1.08. The molecule has 0 aliphatic carbocycles. The quantitative estimate of drug-likeness (QED) is 0.617. The first-order chi connectivity index (χ1) is 5.70.